The molecule has 94 valence electrons. The Kier molecular flexibility index (Phi) is 4.30. The Morgan fingerprint density at radius 3 is 2.88 bits per heavy atom. The molecule has 0 spiro atoms. The first-order valence-electron chi connectivity index (χ1n) is 6.27. The smallest absolute Gasteiger partial charge is 0.126 e. The highest BCUT2D eigenvalue weighted by molar-refractivity contribution is 6.31. The number of halogens is 1. The number of methoxy groups -OCH3 is 1. The SMILES string of the molecule is COc1c(C)ccc(Cl)c1CC1CCCCN1. The van der Waals surface area contributed by atoms with Crippen molar-refractivity contribution in [2.24, 2.45) is 0 Å². The molecule has 0 radical (unpaired) electrons. The second-order valence-electron chi connectivity index (χ2n) is 4.73. The van der Waals surface area contributed by atoms with Gasteiger partial charge in [-0.25, -0.2) is 0 Å². The molecule has 1 saturated heterocycles. The van der Waals surface area contributed by atoms with Crippen molar-refractivity contribution in [3.05, 3.63) is 28.3 Å². The fraction of sp³-hybridized carbons (Fsp3) is 0.571. The molecule has 17 heavy (non-hydrogen) atoms. The van der Waals surface area contributed by atoms with Gasteiger partial charge in [-0.3, -0.25) is 0 Å². The standard InChI is InChI=1S/C14H20ClNO/c1-10-6-7-13(15)12(14(10)17-2)9-11-5-3-4-8-16-11/h6-7,11,16H,3-5,8-9H2,1-2H3. The van der Waals surface area contributed by atoms with Crippen molar-refractivity contribution < 1.29 is 4.74 Å². The minimum Gasteiger partial charge on any atom is -0.496 e. The summed E-state index contributed by atoms with van der Waals surface area (Å²) in [6.07, 6.45) is 4.79. The fourth-order valence-electron chi connectivity index (χ4n) is 2.54. The van der Waals surface area contributed by atoms with E-state index in [9.17, 15) is 0 Å². The van der Waals surface area contributed by atoms with Crippen molar-refractivity contribution in [3.63, 3.8) is 0 Å². The maximum atomic E-state index is 6.29. The van der Waals surface area contributed by atoms with Crippen LogP contribution in [-0.4, -0.2) is 19.7 Å². The average molecular weight is 254 g/mol. The van der Waals surface area contributed by atoms with Crippen molar-refractivity contribution in [2.45, 2.75) is 38.6 Å². The van der Waals surface area contributed by atoms with Gasteiger partial charge in [0.1, 0.15) is 5.75 Å². The Labute approximate surface area is 108 Å². The number of ether oxygens (including phenoxy) is 1. The van der Waals surface area contributed by atoms with E-state index in [2.05, 4.69) is 12.2 Å². The molecule has 1 aromatic rings. The molecule has 1 aliphatic heterocycles. The third kappa shape index (κ3) is 2.93. The second kappa shape index (κ2) is 5.74. The van der Waals surface area contributed by atoms with Gasteiger partial charge in [-0.05, 0) is 44.4 Å². The number of hydrogen-bond acceptors (Lipinski definition) is 2. The lowest BCUT2D eigenvalue weighted by Crippen LogP contribution is -2.35. The van der Waals surface area contributed by atoms with Gasteiger partial charge in [0, 0.05) is 16.6 Å². The quantitative estimate of drug-likeness (QED) is 0.892. The van der Waals surface area contributed by atoms with Crippen molar-refractivity contribution >= 4 is 11.6 Å². The van der Waals surface area contributed by atoms with Crippen LogP contribution in [-0.2, 0) is 6.42 Å². The molecule has 1 heterocycles. The van der Waals surface area contributed by atoms with E-state index in [-0.39, 0.29) is 0 Å². The van der Waals surface area contributed by atoms with Crippen molar-refractivity contribution in [1.82, 2.24) is 5.32 Å². The largest absolute Gasteiger partial charge is 0.496 e. The highest BCUT2D eigenvalue weighted by Gasteiger charge is 2.18. The van der Waals surface area contributed by atoms with Crippen LogP contribution in [0.1, 0.15) is 30.4 Å². The molecule has 2 rings (SSSR count). The van der Waals surface area contributed by atoms with E-state index >= 15 is 0 Å². The number of nitrogens with one attached hydrogen (secondary N) is 1. The molecular weight excluding hydrogens is 234 g/mol. The predicted octanol–water partition coefficient (Wildman–Crippen LogP) is 3.34. The Morgan fingerprint density at radius 2 is 2.24 bits per heavy atom. The lowest BCUT2D eigenvalue weighted by Gasteiger charge is -2.25. The molecule has 1 fully saturated rings. The average Bonchev–Trinajstić information content (AvgIpc) is 2.35. The van der Waals surface area contributed by atoms with Crippen LogP contribution in [0.4, 0.5) is 0 Å². The van der Waals surface area contributed by atoms with Crippen LogP contribution in [0.25, 0.3) is 0 Å². The lowest BCUT2D eigenvalue weighted by molar-refractivity contribution is 0.380. The van der Waals surface area contributed by atoms with Crippen LogP contribution in [0, 0.1) is 6.92 Å². The van der Waals surface area contributed by atoms with Gasteiger partial charge in [-0.1, -0.05) is 24.1 Å². The summed E-state index contributed by atoms with van der Waals surface area (Å²) in [5.41, 5.74) is 2.30. The Balaban J connectivity index is 2.21. The van der Waals surface area contributed by atoms with E-state index in [1.54, 1.807) is 7.11 Å². The third-order valence-electron chi connectivity index (χ3n) is 3.47. The van der Waals surface area contributed by atoms with Gasteiger partial charge in [-0.2, -0.15) is 0 Å². The number of rotatable bonds is 3. The molecule has 1 unspecified atom stereocenters. The molecule has 3 heteroatoms. The summed E-state index contributed by atoms with van der Waals surface area (Å²) in [6.45, 7) is 3.18. The molecule has 1 N–H and O–H groups in total. The summed E-state index contributed by atoms with van der Waals surface area (Å²) in [5, 5.41) is 4.37. The Morgan fingerprint density at radius 1 is 1.41 bits per heavy atom. The van der Waals surface area contributed by atoms with Crippen LogP contribution >= 0.6 is 11.6 Å². The second-order valence-corrected chi connectivity index (χ2v) is 5.13. The number of piperidine rings is 1. The monoisotopic (exact) mass is 253 g/mol. The normalized spacial score (nSPS) is 20.3. The molecule has 1 aromatic carbocycles. The topological polar surface area (TPSA) is 21.3 Å². The maximum absolute atomic E-state index is 6.29. The molecule has 0 bridgehead atoms. The van der Waals surface area contributed by atoms with E-state index < -0.39 is 0 Å². The molecule has 1 aliphatic rings. The van der Waals surface area contributed by atoms with Gasteiger partial charge >= 0.3 is 0 Å². The number of benzene rings is 1. The first kappa shape index (κ1) is 12.7. The molecule has 0 aromatic heterocycles. The summed E-state index contributed by atoms with van der Waals surface area (Å²) in [4.78, 5) is 0. The van der Waals surface area contributed by atoms with Gasteiger partial charge in [0.15, 0.2) is 0 Å². The van der Waals surface area contributed by atoms with Gasteiger partial charge in [0.05, 0.1) is 7.11 Å². The van der Waals surface area contributed by atoms with Crippen LogP contribution in [0.3, 0.4) is 0 Å². The van der Waals surface area contributed by atoms with Crippen molar-refractivity contribution in [1.29, 1.82) is 0 Å². The molecule has 2 nitrogen and oxygen atoms in total. The van der Waals surface area contributed by atoms with E-state index in [0.29, 0.717) is 6.04 Å². The van der Waals surface area contributed by atoms with E-state index in [4.69, 9.17) is 16.3 Å². The summed E-state index contributed by atoms with van der Waals surface area (Å²) in [5.74, 6) is 0.949. The number of aryl methyl sites for hydroxylation is 1. The highest BCUT2D eigenvalue weighted by atomic mass is 35.5. The Hall–Kier alpha value is -0.730. The van der Waals surface area contributed by atoms with Crippen molar-refractivity contribution in [2.75, 3.05) is 13.7 Å². The first-order valence-corrected chi connectivity index (χ1v) is 6.65. The number of hydrogen-bond donors (Lipinski definition) is 1. The molecular formula is C14H20ClNO. The summed E-state index contributed by atoms with van der Waals surface area (Å²) < 4.78 is 5.49. The van der Waals surface area contributed by atoms with E-state index in [1.165, 1.54) is 19.3 Å². The lowest BCUT2D eigenvalue weighted by atomic mass is 9.96. The van der Waals surface area contributed by atoms with E-state index in [1.807, 2.05) is 12.1 Å². The molecule has 0 amide bonds. The zero-order valence-corrected chi connectivity index (χ0v) is 11.3. The summed E-state index contributed by atoms with van der Waals surface area (Å²) >= 11 is 6.29. The van der Waals surface area contributed by atoms with E-state index in [0.717, 1.165) is 34.9 Å². The highest BCUT2D eigenvalue weighted by Crippen LogP contribution is 2.31. The van der Waals surface area contributed by atoms with Gasteiger partial charge in [-0.15, -0.1) is 0 Å². The third-order valence-corrected chi connectivity index (χ3v) is 3.82. The molecule has 1 atom stereocenters. The summed E-state index contributed by atoms with van der Waals surface area (Å²) in [6, 6.07) is 4.52. The van der Waals surface area contributed by atoms with Crippen LogP contribution < -0.4 is 10.1 Å². The Bertz CT molecular complexity index is 386. The van der Waals surface area contributed by atoms with Crippen LogP contribution in [0.15, 0.2) is 12.1 Å². The van der Waals surface area contributed by atoms with Gasteiger partial charge < -0.3 is 10.1 Å². The minimum absolute atomic E-state index is 0.539. The zero-order chi connectivity index (χ0) is 12.3. The van der Waals surface area contributed by atoms with Crippen LogP contribution in [0.2, 0.25) is 5.02 Å². The van der Waals surface area contributed by atoms with Gasteiger partial charge in [0.25, 0.3) is 0 Å². The van der Waals surface area contributed by atoms with Crippen molar-refractivity contribution in [3.8, 4) is 5.75 Å². The zero-order valence-electron chi connectivity index (χ0n) is 10.6. The minimum atomic E-state index is 0.539. The first-order chi connectivity index (χ1) is 8.22. The van der Waals surface area contributed by atoms with Crippen LogP contribution in [0.5, 0.6) is 5.75 Å². The predicted molar refractivity (Wildman–Crippen MR) is 72.1 cm³/mol. The molecule has 0 saturated carbocycles. The maximum Gasteiger partial charge on any atom is 0.126 e. The molecule has 0 aliphatic carbocycles. The summed E-state index contributed by atoms with van der Waals surface area (Å²) in [7, 11) is 1.72. The van der Waals surface area contributed by atoms with Gasteiger partial charge in [0.2, 0.25) is 0 Å². The fourth-order valence-corrected chi connectivity index (χ4v) is 2.77.